The van der Waals surface area contributed by atoms with Gasteiger partial charge in [0.1, 0.15) is 0 Å². The minimum atomic E-state index is 1.02. The normalized spacial score (nSPS) is 19.8. The molecule has 13 heavy (non-hydrogen) atoms. The summed E-state index contributed by atoms with van der Waals surface area (Å²) < 4.78 is 0. The fraction of sp³-hybridized carbons (Fsp3) is 0.818. The van der Waals surface area contributed by atoms with E-state index in [1.165, 1.54) is 38.9 Å². The lowest BCUT2D eigenvalue weighted by Crippen LogP contribution is -2.35. The van der Waals surface area contributed by atoms with Crippen molar-refractivity contribution < 1.29 is 0 Å². The summed E-state index contributed by atoms with van der Waals surface area (Å²) in [7, 11) is 0. The zero-order valence-corrected chi connectivity index (χ0v) is 8.76. The van der Waals surface area contributed by atoms with Gasteiger partial charge in [0.25, 0.3) is 0 Å². The van der Waals surface area contributed by atoms with Crippen molar-refractivity contribution in [1.82, 2.24) is 10.2 Å². The third-order valence-electron chi connectivity index (χ3n) is 2.55. The Morgan fingerprint density at radius 1 is 1.23 bits per heavy atom. The summed E-state index contributed by atoms with van der Waals surface area (Å²) in [6.07, 6.45) is 8.48. The van der Waals surface area contributed by atoms with Gasteiger partial charge in [-0.3, -0.25) is 0 Å². The van der Waals surface area contributed by atoms with Gasteiger partial charge in [0.15, 0.2) is 0 Å². The van der Waals surface area contributed by atoms with Crippen molar-refractivity contribution in [2.24, 2.45) is 0 Å². The Morgan fingerprint density at radius 3 is 2.69 bits per heavy atom. The van der Waals surface area contributed by atoms with Crippen LogP contribution in [0.3, 0.4) is 0 Å². The van der Waals surface area contributed by atoms with Crippen LogP contribution in [0.4, 0.5) is 0 Å². The second-order valence-electron chi connectivity index (χ2n) is 3.68. The van der Waals surface area contributed by atoms with E-state index < -0.39 is 0 Å². The molecule has 0 amide bonds. The van der Waals surface area contributed by atoms with E-state index in [4.69, 9.17) is 0 Å². The number of nitrogens with one attached hydrogen (secondary N) is 1. The summed E-state index contributed by atoms with van der Waals surface area (Å²) in [6, 6.07) is 0. The van der Waals surface area contributed by atoms with Gasteiger partial charge >= 0.3 is 0 Å². The Balaban J connectivity index is 1.92. The molecule has 0 spiro atoms. The van der Waals surface area contributed by atoms with Crippen LogP contribution in [0.5, 0.6) is 0 Å². The standard InChI is InChI=1S/C11H22N2/c1-2-3-7-12-8-11-13-9-5-4-6-10-13/h2-3,12H,4-11H2,1H3/b3-2+. The molecule has 0 saturated carbocycles. The summed E-state index contributed by atoms with van der Waals surface area (Å²) in [5, 5.41) is 3.41. The molecule has 1 heterocycles. The molecule has 0 radical (unpaired) electrons. The highest BCUT2D eigenvalue weighted by Crippen LogP contribution is 2.06. The van der Waals surface area contributed by atoms with Gasteiger partial charge in [-0.25, -0.2) is 0 Å². The summed E-state index contributed by atoms with van der Waals surface area (Å²) in [4.78, 5) is 2.56. The molecule has 1 saturated heterocycles. The van der Waals surface area contributed by atoms with E-state index in [1.54, 1.807) is 0 Å². The molecule has 1 aliphatic heterocycles. The van der Waals surface area contributed by atoms with Gasteiger partial charge in [-0.1, -0.05) is 18.6 Å². The van der Waals surface area contributed by atoms with Crippen LogP contribution in [0.2, 0.25) is 0 Å². The Bertz CT molecular complexity index is 137. The highest BCUT2D eigenvalue weighted by molar-refractivity contribution is 4.79. The van der Waals surface area contributed by atoms with E-state index in [0.29, 0.717) is 0 Å². The molecule has 2 nitrogen and oxygen atoms in total. The number of rotatable bonds is 5. The van der Waals surface area contributed by atoms with Gasteiger partial charge in [0, 0.05) is 19.6 Å². The summed E-state index contributed by atoms with van der Waals surface area (Å²) in [5.74, 6) is 0. The first kappa shape index (κ1) is 10.7. The number of piperidine rings is 1. The van der Waals surface area contributed by atoms with Gasteiger partial charge in [-0.05, 0) is 32.9 Å². The predicted molar refractivity (Wildman–Crippen MR) is 58.0 cm³/mol. The Hall–Kier alpha value is -0.340. The van der Waals surface area contributed by atoms with E-state index in [9.17, 15) is 0 Å². The highest BCUT2D eigenvalue weighted by atomic mass is 15.1. The van der Waals surface area contributed by atoms with E-state index >= 15 is 0 Å². The van der Waals surface area contributed by atoms with Crippen LogP contribution in [-0.2, 0) is 0 Å². The van der Waals surface area contributed by atoms with E-state index in [0.717, 1.165) is 13.1 Å². The van der Waals surface area contributed by atoms with Crippen molar-refractivity contribution in [2.45, 2.75) is 26.2 Å². The van der Waals surface area contributed by atoms with Crippen molar-refractivity contribution >= 4 is 0 Å². The van der Waals surface area contributed by atoms with Gasteiger partial charge in [-0.15, -0.1) is 0 Å². The number of likely N-dealkylation sites (tertiary alicyclic amines) is 1. The van der Waals surface area contributed by atoms with Crippen molar-refractivity contribution in [2.75, 3.05) is 32.7 Å². The number of hydrogen-bond donors (Lipinski definition) is 1. The molecule has 0 aromatic carbocycles. The second-order valence-corrected chi connectivity index (χ2v) is 3.68. The number of nitrogens with zero attached hydrogens (tertiary/aromatic N) is 1. The molecule has 76 valence electrons. The van der Waals surface area contributed by atoms with Crippen LogP contribution in [0.1, 0.15) is 26.2 Å². The zero-order valence-electron chi connectivity index (χ0n) is 8.76. The van der Waals surface area contributed by atoms with Crippen LogP contribution in [-0.4, -0.2) is 37.6 Å². The first-order chi connectivity index (χ1) is 6.43. The highest BCUT2D eigenvalue weighted by Gasteiger charge is 2.08. The van der Waals surface area contributed by atoms with Gasteiger partial charge in [-0.2, -0.15) is 0 Å². The fourth-order valence-electron chi connectivity index (χ4n) is 1.72. The van der Waals surface area contributed by atoms with Gasteiger partial charge < -0.3 is 10.2 Å². The van der Waals surface area contributed by atoms with Crippen LogP contribution in [0.25, 0.3) is 0 Å². The first-order valence-corrected chi connectivity index (χ1v) is 5.47. The second kappa shape index (κ2) is 7.10. The Morgan fingerprint density at radius 2 is 2.00 bits per heavy atom. The molecule has 2 heteroatoms. The molecule has 1 aliphatic rings. The largest absolute Gasteiger partial charge is 0.312 e. The van der Waals surface area contributed by atoms with Gasteiger partial charge in [0.05, 0.1) is 0 Å². The van der Waals surface area contributed by atoms with Crippen molar-refractivity contribution in [1.29, 1.82) is 0 Å². The molecular weight excluding hydrogens is 160 g/mol. The lowest BCUT2D eigenvalue weighted by Gasteiger charge is -2.26. The molecule has 0 unspecified atom stereocenters. The molecule has 1 N–H and O–H groups in total. The van der Waals surface area contributed by atoms with E-state index in [2.05, 4.69) is 29.3 Å². The number of hydrogen-bond acceptors (Lipinski definition) is 2. The topological polar surface area (TPSA) is 15.3 Å². The van der Waals surface area contributed by atoms with Crippen LogP contribution in [0.15, 0.2) is 12.2 Å². The zero-order chi connectivity index (χ0) is 9.36. The smallest absolute Gasteiger partial charge is 0.0135 e. The molecule has 1 rings (SSSR count). The molecular formula is C11H22N2. The fourth-order valence-corrected chi connectivity index (χ4v) is 1.72. The third-order valence-corrected chi connectivity index (χ3v) is 2.55. The summed E-state index contributed by atoms with van der Waals surface area (Å²) in [6.45, 7) is 8.05. The lowest BCUT2D eigenvalue weighted by molar-refractivity contribution is 0.230. The molecule has 0 aromatic heterocycles. The van der Waals surface area contributed by atoms with Crippen molar-refractivity contribution in [3.8, 4) is 0 Å². The minimum absolute atomic E-state index is 1.02. The van der Waals surface area contributed by atoms with E-state index in [1.807, 2.05) is 0 Å². The van der Waals surface area contributed by atoms with Gasteiger partial charge in [0.2, 0.25) is 0 Å². The minimum Gasteiger partial charge on any atom is -0.312 e. The summed E-state index contributed by atoms with van der Waals surface area (Å²) in [5.41, 5.74) is 0. The molecule has 0 bridgehead atoms. The lowest BCUT2D eigenvalue weighted by atomic mass is 10.1. The Labute approximate surface area is 82.0 Å². The quantitative estimate of drug-likeness (QED) is 0.513. The van der Waals surface area contributed by atoms with Crippen molar-refractivity contribution in [3.63, 3.8) is 0 Å². The monoisotopic (exact) mass is 182 g/mol. The van der Waals surface area contributed by atoms with Crippen molar-refractivity contribution in [3.05, 3.63) is 12.2 Å². The van der Waals surface area contributed by atoms with Crippen LogP contribution >= 0.6 is 0 Å². The molecule has 0 atom stereocenters. The average molecular weight is 182 g/mol. The Kier molecular flexibility index (Phi) is 5.87. The molecule has 0 aromatic rings. The van der Waals surface area contributed by atoms with Crippen LogP contribution < -0.4 is 5.32 Å². The number of allylic oxidation sites excluding steroid dienone is 1. The summed E-state index contributed by atoms with van der Waals surface area (Å²) >= 11 is 0. The maximum atomic E-state index is 3.41. The maximum absolute atomic E-state index is 3.41. The SMILES string of the molecule is C/C=C/CNCCN1CCCCC1. The third kappa shape index (κ3) is 5.06. The first-order valence-electron chi connectivity index (χ1n) is 5.47. The molecule has 1 fully saturated rings. The maximum Gasteiger partial charge on any atom is 0.0135 e. The van der Waals surface area contributed by atoms with E-state index in [-0.39, 0.29) is 0 Å². The molecule has 0 aliphatic carbocycles. The van der Waals surface area contributed by atoms with Crippen LogP contribution in [0, 0.1) is 0 Å². The average Bonchev–Trinajstić information content (AvgIpc) is 2.19. The predicted octanol–water partition coefficient (Wildman–Crippen LogP) is 1.64.